The topological polar surface area (TPSA) is 18.5 Å². The van der Waals surface area contributed by atoms with Gasteiger partial charge < -0.3 is 9.47 Å². The number of hydrogen-bond acceptors (Lipinski definition) is 3. The van der Waals surface area contributed by atoms with Crippen molar-refractivity contribution < 1.29 is 9.47 Å². The van der Waals surface area contributed by atoms with Crippen LogP contribution in [0.5, 0.6) is 11.5 Å². The SMILES string of the molecule is COc1cc(CS)cc(Cl)c1OC. The van der Waals surface area contributed by atoms with Crippen molar-refractivity contribution in [2.45, 2.75) is 5.75 Å². The Morgan fingerprint density at radius 2 is 2.00 bits per heavy atom. The molecule has 0 unspecified atom stereocenters. The molecule has 1 rings (SSSR count). The van der Waals surface area contributed by atoms with Crippen LogP contribution in [0.2, 0.25) is 5.02 Å². The molecule has 0 aliphatic rings. The van der Waals surface area contributed by atoms with E-state index in [1.807, 2.05) is 12.1 Å². The van der Waals surface area contributed by atoms with Crippen molar-refractivity contribution in [2.75, 3.05) is 14.2 Å². The van der Waals surface area contributed by atoms with Gasteiger partial charge in [0.1, 0.15) is 0 Å². The van der Waals surface area contributed by atoms with Crippen molar-refractivity contribution in [3.8, 4) is 11.5 Å². The molecule has 0 bridgehead atoms. The van der Waals surface area contributed by atoms with Gasteiger partial charge in [-0.1, -0.05) is 11.6 Å². The summed E-state index contributed by atoms with van der Waals surface area (Å²) in [7, 11) is 3.14. The van der Waals surface area contributed by atoms with Crippen LogP contribution in [0.3, 0.4) is 0 Å². The fourth-order valence-electron chi connectivity index (χ4n) is 1.06. The lowest BCUT2D eigenvalue weighted by atomic mass is 10.2. The van der Waals surface area contributed by atoms with E-state index in [4.69, 9.17) is 21.1 Å². The first-order valence-corrected chi connectivity index (χ1v) is 4.75. The molecule has 0 fully saturated rings. The van der Waals surface area contributed by atoms with Gasteiger partial charge in [-0.15, -0.1) is 0 Å². The van der Waals surface area contributed by atoms with E-state index in [9.17, 15) is 0 Å². The van der Waals surface area contributed by atoms with Crippen molar-refractivity contribution in [1.29, 1.82) is 0 Å². The van der Waals surface area contributed by atoms with E-state index < -0.39 is 0 Å². The lowest BCUT2D eigenvalue weighted by Crippen LogP contribution is -1.92. The number of ether oxygens (including phenoxy) is 2. The fraction of sp³-hybridized carbons (Fsp3) is 0.333. The Bertz CT molecular complexity index is 302. The summed E-state index contributed by atoms with van der Waals surface area (Å²) >= 11 is 10.1. The van der Waals surface area contributed by atoms with Crippen LogP contribution in [-0.4, -0.2) is 14.2 Å². The predicted molar refractivity (Wildman–Crippen MR) is 57.2 cm³/mol. The molecule has 2 nitrogen and oxygen atoms in total. The number of benzene rings is 1. The van der Waals surface area contributed by atoms with Gasteiger partial charge in [-0.2, -0.15) is 12.6 Å². The fourth-order valence-corrected chi connectivity index (χ4v) is 1.56. The maximum absolute atomic E-state index is 5.95. The van der Waals surface area contributed by atoms with Crippen LogP contribution in [0, 0.1) is 0 Å². The van der Waals surface area contributed by atoms with Gasteiger partial charge in [0.25, 0.3) is 0 Å². The Morgan fingerprint density at radius 1 is 1.31 bits per heavy atom. The molecule has 0 aromatic heterocycles. The summed E-state index contributed by atoms with van der Waals surface area (Å²) < 4.78 is 10.2. The van der Waals surface area contributed by atoms with E-state index in [1.54, 1.807) is 14.2 Å². The van der Waals surface area contributed by atoms with Gasteiger partial charge in [-0.3, -0.25) is 0 Å². The molecule has 0 N–H and O–H groups in total. The molecular weight excluding hydrogens is 208 g/mol. The second-order valence-electron chi connectivity index (χ2n) is 2.47. The zero-order chi connectivity index (χ0) is 9.84. The minimum Gasteiger partial charge on any atom is -0.493 e. The molecule has 72 valence electrons. The van der Waals surface area contributed by atoms with Gasteiger partial charge in [-0.05, 0) is 17.7 Å². The molecule has 1 aromatic rings. The molecule has 0 saturated carbocycles. The quantitative estimate of drug-likeness (QED) is 0.787. The van der Waals surface area contributed by atoms with Gasteiger partial charge in [0.2, 0.25) is 0 Å². The van der Waals surface area contributed by atoms with Crippen LogP contribution in [0.4, 0.5) is 0 Å². The van der Waals surface area contributed by atoms with Gasteiger partial charge >= 0.3 is 0 Å². The minimum atomic E-state index is 0.547. The van der Waals surface area contributed by atoms with Gasteiger partial charge in [0, 0.05) is 5.75 Å². The summed E-state index contributed by atoms with van der Waals surface area (Å²) in [5.74, 6) is 1.83. The van der Waals surface area contributed by atoms with Crippen LogP contribution < -0.4 is 9.47 Å². The summed E-state index contributed by atoms with van der Waals surface area (Å²) in [6, 6.07) is 3.67. The molecule has 0 aliphatic carbocycles. The van der Waals surface area contributed by atoms with Gasteiger partial charge in [-0.25, -0.2) is 0 Å². The number of halogens is 1. The van der Waals surface area contributed by atoms with Crippen molar-refractivity contribution in [1.82, 2.24) is 0 Å². The number of rotatable bonds is 3. The van der Waals surface area contributed by atoms with E-state index in [0.29, 0.717) is 22.3 Å². The first kappa shape index (κ1) is 10.5. The van der Waals surface area contributed by atoms with E-state index in [1.165, 1.54) is 0 Å². The Hall–Kier alpha value is -0.540. The maximum atomic E-state index is 5.95. The Labute approximate surface area is 88.2 Å². The van der Waals surface area contributed by atoms with Crippen molar-refractivity contribution >= 4 is 24.2 Å². The molecule has 0 atom stereocenters. The largest absolute Gasteiger partial charge is 0.493 e. The van der Waals surface area contributed by atoms with Gasteiger partial charge in [0.05, 0.1) is 19.2 Å². The summed E-state index contributed by atoms with van der Waals surface area (Å²) in [6.07, 6.45) is 0. The van der Waals surface area contributed by atoms with Crippen LogP contribution in [-0.2, 0) is 5.75 Å². The highest BCUT2D eigenvalue weighted by Gasteiger charge is 2.09. The summed E-state index contributed by atoms with van der Waals surface area (Å²) in [5.41, 5.74) is 1.01. The van der Waals surface area contributed by atoms with Crippen molar-refractivity contribution in [2.24, 2.45) is 0 Å². The molecule has 0 radical (unpaired) electrons. The van der Waals surface area contributed by atoms with E-state index >= 15 is 0 Å². The van der Waals surface area contributed by atoms with Crippen LogP contribution in [0.1, 0.15) is 5.56 Å². The van der Waals surface area contributed by atoms with Gasteiger partial charge in [0.15, 0.2) is 11.5 Å². The summed E-state index contributed by atoms with van der Waals surface area (Å²) in [6.45, 7) is 0. The van der Waals surface area contributed by atoms with E-state index in [0.717, 1.165) is 5.56 Å². The molecular formula is C9H11ClO2S. The predicted octanol–water partition coefficient (Wildman–Crippen LogP) is 2.79. The number of thiol groups is 1. The smallest absolute Gasteiger partial charge is 0.179 e. The van der Waals surface area contributed by atoms with Crippen molar-refractivity contribution in [3.63, 3.8) is 0 Å². The highest BCUT2D eigenvalue weighted by atomic mass is 35.5. The highest BCUT2D eigenvalue weighted by molar-refractivity contribution is 7.79. The third-order valence-corrected chi connectivity index (χ3v) is 2.32. The van der Waals surface area contributed by atoms with Crippen LogP contribution >= 0.6 is 24.2 Å². The third-order valence-electron chi connectivity index (χ3n) is 1.68. The molecule has 0 aliphatic heterocycles. The Morgan fingerprint density at radius 3 is 2.46 bits per heavy atom. The zero-order valence-electron chi connectivity index (χ0n) is 7.50. The molecule has 1 aromatic carbocycles. The molecule has 0 amide bonds. The monoisotopic (exact) mass is 218 g/mol. The molecule has 0 heterocycles. The summed E-state index contributed by atoms with van der Waals surface area (Å²) in [5, 5.41) is 0.547. The number of methoxy groups -OCH3 is 2. The second kappa shape index (κ2) is 4.63. The normalized spacial score (nSPS) is 9.85. The first-order valence-electron chi connectivity index (χ1n) is 3.74. The Balaban J connectivity index is 3.20. The molecule has 0 spiro atoms. The van der Waals surface area contributed by atoms with Crippen LogP contribution in [0.25, 0.3) is 0 Å². The van der Waals surface area contributed by atoms with E-state index in [2.05, 4.69) is 12.6 Å². The average molecular weight is 219 g/mol. The van der Waals surface area contributed by atoms with Crippen molar-refractivity contribution in [3.05, 3.63) is 22.7 Å². The van der Waals surface area contributed by atoms with E-state index in [-0.39, 0.29) is 0 Å². The Kier molecular flexibility index (Phi) is 3.75. The molecule has 4 heteroatoms. The molecule has 0 saturated heterocycles. The first-order chi connectivity index (χ1) is 6.22. The standard InChI is InChI=1S/C9H11ClO2S/c1-11-8-4-6(5-13)3-7(10)9(8)12-2/h3-4,13H,5H2,1-2H3. The maximum Gasteiger partial charge on any atom is 0.179 e. The van der Waals surface area contributed by atoms with Crippen LogP contribution in [0.15, 0.2) is 12.1 Å². The zero-order valence-corrected chi connectivity index (χ0v) is 9.15. The minimum absolute atomic E-state index is 0.547. The summed E-state index contributed by atoms with van der Waals surface area (Å²) in [4.78, 5) is 0. The average Bonchev–Trinajstić information content (AvgIpc) is 2.16. The lowest BCUT2D eigenvalue weighted by molar-refractivity contribution is 0.355. The molecule has 13 heavy (non-hydrogen) atoms. The third kappa shape index (κ3) is 2.23. The lowest BCUT2D eigenvalue weighted by Gasteiger charge is -2.10. The highest BCUT2D eigenvalue weighted by Crippen LogP contribution is 2.36. The number of hydrogen-bond donors (Lipinski definition) is 1. The second-order valence-corrected chi connectivity index (χ2v) is 3.19.